The summed E-state index contributed by atoms with van der Waals surface area (Å²) in [7, 11) is 1.41. The predicted octanol–water partition coefficient (Wildman–Crippen LogP) is 4.13. The third-order valence-electron chi connectivity index (χ3n) is 5.12. The largest absolute Gasteiger partial charge is 0.465 e. The Morgan fingerprint density at radius 3 is 2.69 bits per heavy atom. The third-order valence-corrected chi connectivity index (χ3v) is 5.12. The number of carbonyl (C=O) groups excluding carboxylic acids is 1. The fourth-order valence-corrected chi connectivity index (χ4v) is 3.53. The topological polar surface area (TPSA) is 67.4 Å². The minimum Gasteiger partial charge on any atom is -0.465 e. The number of rotatable bonds is 5. The molecule has 0 atom stereocenters. The molecule has 0 spiro atoms. The normalized spacial score (nSPS) is 13.0. The molecule has 2 aromatic carbocycles. The molecule has 29 heavy (non-hydrogen) atoms. The molecule has 1 N–H and O–H groups in total. The van der Waals surface area contributed by atoms with E-state index in [-0.39, 0.29) is 5.97 Å². The van der Waals surface area contributed by atoms with Gasteiger partial charge in [-0.2, -0.15) is 4.98 Å². The van der Waals surface area contributed by atoms with Gasteiger partial charge in [0.1, 0.15) is 5.82 Å². The highest BCUT2D eigenvalue weighted by Gasteiger charge is 2.20. The van der Waals surface area contributed by atoms with E-state index < -0.39 is 0 Å². The van der Waals surface area contributed by atoms with Crippen molar-refractivity contribution in [3.05, 3.63) is 77.0 Å². The van der Waals surface area contributed by atoms with E-state index in [4.69, 9.17) is 9.72 Å². The number of benzene rings is 2. The minimum atomic E-state index is -0.296. The van der Waals surface area contributed by atoms with Crippen molar-refractivity contribution in [2.75, 3.05) is 23.9 Å². The maximum atomic E-state index is 11.8. The number of aromatic nitrogens is 2. The summed E-state index contributed by atoms with van der Waals surface area (Å²) in [5.41, 5.74) is 4.96. The van der Waals surface area contributed by atoms with Crippen LogP contribution < -0.4 is 10.2 Å². The van der Waals surface area contributed by atoms with Gasteiger partial charge in [0.05, 0.1) is 12.7 Å². The molecule has 3 aromatic rings. The maximum absolute atomic E-state index is 11.8. The van der Waals surface area contributed by atoms with E-state index in [0.29, 0.717) is 11.5 Å². The molecule has 0 amide bonds. The van der Waals surface area contributed by atoms with Crippen molar-refractivity contribution in [1.29, 1.82) is 0 Å². The average molecular weight is 388 g/mol. The number of hydrogen-bond acceptors (Lipinski definition) is 6. The van der Waals surface area contributed by atoms with Crippen LogP contribution in [0.15, 0.2) is 54.6 Å². The second kappa shape index (κ2) is 8.31. The number of nitrogens with one attached hydrogen (secondary N) is 1. The van der Waals surface area contributed by atoms with Crippen LogP contribution in [0, 0.1) is 0 Å². The van der Waals surface area contributed by atoms with Gasteiger partial charge in [-0.3, -0.25) is 0 Å². The lowest BCUT2D eigenvalue weighted by atomic mass is 9.97. The number of anilines is 3. The van der Waals surface area contributed by atoms with E-state index in [0.717, 1.165) is 43.1 Å². The van der Waals surface area contributed by atoms with Gasteiger partial charge >= 0.3 is 5.97 Å². The summed E-state index contributed by atoms with van der Waals surface area (Å²) in [6.07, 6.45) is 1.69. The predicted molar refractivity (Wildman–Crippen MR) is 114 cm³/mol. The molecule has 0 saturated heterocycles. The molecular formula is C23H24N4O2. The van der Waals surface area contributed by atoms with Crippen LogP contribution in [0.1, 0.15) is 34.1 Å². The SMILES string of the molecule is CCc1cc(N2CCc3cc(C(=O)OC)ccc3C2)nc(Nc2ccccc2)n1. The zero-order chi connectivity index (χ0) is 20.2. The molecule has 148 valence electrons. The van der Waals surface area contributed by atoms with Crippen LogP contribution in [0.25, 0.3) is 0 Å². The summed E-state index contributed by atoms with van der Waals surface area (Å²) in [4.78, 5) is 23.4. The van der Waals surface area contributed by atoms with Gasteiger partial charge < -0.3 is 15.0 Å². The second-order valence-corrected chi connectivity index (χ2v) is 7.03. The van der Waals surface area contributed by atoms with Crippen molar-refractivity contribution in [3.8, 4) is 0 Å². The molecule has 1 aromatic heterocycles. The highest BCUT2D eigenvalue weighted by molar-refractivity contribution is 5.89. The van der Waals surface area contributed by atoms with Crippen molar-refractivity contribution in [1.82, 2.24) is 9.97 Å². The minimum absolute atomic E-state index is 0.296. The van der Waals surface area contributed by atoms with E-state index in [1.165, 1.54) is 18.2 Å². The number of methoxy groups -OCH3 is 1. The fraction of sp³-hybridized carbons (Fsp3) is 0.261. The Balaban J connectivity index is 1.58. The molecule has 0 saturated carbocycles. The Labute approximate surface area is 170 Å². The fourth-order valence-electron chi connectivity index (χ4n) is 3.53. The quantitative estimate of drug-likeness (QED) is 0.663. The van der Waals surface area contributed by atoms with Gasteiger partial charge in [0.15, 0.2) is 0 Å². The van der Waals surface area contributed by atoms with Gasteiger partial charge in [0.25, 0.3) is 0 Å². The molecule has 6 nitrogen and oxygen atoms in total. The van der Waals surface area contributed by atoms with Gasteiger partial charge in [-0.1, -0.05) is 31.2 Å². The summed E-state index contributed by atoms with van der Waals surface area (Å²) in [5.74, 6) is 1.23. The number of nitrogens with zero attached hydrogens (tertiary/aromatic N) is 3. The number of ether oxygens (including phenoxy) is 1. The van der Waals surface area contributed by atoms with Crippen molar-refractivity contribution >= 4 is 23.4 Å². The molecule has 0 bridgehead atoms. The molecule has 1 aliphatic rings. The standard InChI is InChI=1S/C23H24N4O2/c1-3-19-14-21(26-23(24-19)25-20-7-5-4-6-8-20)27-12-11-16-13-17(22(28)29-2)9-10-18(16)15-27/h4-10,13-14H,3,11-12,15H2,1-2H3,(H,24,25,26). The molecule has 2 heterocycles. The van der Waals surface area contributed by atoms with Crippen molar-refractivity contribution in [3.63, 3.8) is 0 Å². The number of hydrogen-bond donors (Lipinski definition) is 1. The molecule has 1 aliphatic heterocycles. The van der Waals surface area contributed by atoms with Gasteiger partial charge in [-0.25, -0.2) is 9.78 Å². The Morgan fingerprint density at radius 1 is 1.10 bits per heavy atom. The number of para-hydroxylation sites is 1. The zero-order valence-corrected chi connectivity index (χ0v) is 16.7. The lowest BCUT2D eigenvalue weighted by Crippen LogP contribution is -2.31. The van der Waals surface area contributed by atoms with E-state index in [9.17, 15) is 4.79 Å². The van der Waals surface area contributed by atoms with Gasteiger partial charge in [0.2, 0.25) is 5.95 Å². The van der Waals surface area contributed by atoms with Gasteiger partial charge in [-0.05, 0) is 48.2 Å². The third kappa shape index (κ3) is 4.21. The first-order chi connectivity index (χ1) is 14.2. The zero-order valence-electron chi connectivity index (χ0n) is 16.7. The van der Waals surface area contributed by atoms with Crippen molar-refractivity contribution in [2.45, 2.75) is 26.3 Å². The summed E-state index contributed by atoms with van der Waals surface area (Å²) in [5, 5.41) is 3.30. The Kier molecular flexibility index (Phi) is 5.42. The van der Waals surface area contributed by atoms with Crippen LogP contribution in [0.4, 0.5) is 17.5 Å². The molecule has 0 aliphatic carbocycles. The second-order valence-electron chi connectivity index (χ2n) is 7.03. The first kappa shape index (κ1) is 18.9. The molecular weight excluding hydrogens is 364 g/mol. The molecule has 4 rings (SSSR count). The van der Waals surface area contributed by atoms with Crippen LogP contribution in [-0.4, -0.2) is 29.6 Å². The van der Waals surface area contributed by atoms with Crippen molar-refractivity contribution < 1.29 is 9.53 Å². The first-order valence-corrected chi connectivity index (χ1v) is 9.81. The average Bonchev–Trinajstić information content (AvgIpc) is 2.78. The Morgan fingerprint density at radius 2 is 1.93 bits per heavy atom. The molecule has 6 heteroatoms. The van der Waals surface area contributed by atoms with Crippen LogP contribution >= 0.6 is 0 Å². The van der Waals surface area contributed by atoms with Crippen LogP contribution in [-0.2, 0) is 24.1 Å². The molecule has 0 fully saturated rings. The van der Waals surface area contributed by atoms with E-state index >= 15 is 0 Å². The van der Waals surface area contributed by atoms with Gasteiger partial charge in [0, 0.05) is 30.5 Å². The number of carbonyl (C=O) groups is 1. The monoisotopic (exact) mass is 388 g/mol. The summed E-state index contributed by atoms with van der Waals surface area (Å²) in [6.45, 7) is 3.68. The maximum Gasteiger partial charge on any atom is 0.337 e. The van der Waals surface area contributed by atoms with Crippen LogP contribution in [0.5, 0.6) is 0 Å². The van der Waals surface area contributed by atoms with Crippen LogP contribution in [0.2, 0.25) is 0 Å². The van der Waals surface area contributed by atoms with E-state index in [1.54, 1.807) is 0 Å². The molecule has 0 radical (unpaired) electrons. The Bertz CT molecular complexity index is 1020. The number of fused-ring (bicyclic) bond motifs is 1. The smallest absolute Gasteiger partial charge is 0.337 e. The van der Waals surface area contributed by atoms with Crippen molar-refractivity contribution in [2.24, 2.45) is 0 Å². The molecule has 0 unspecified atom stereocenters. The first-order valence-electron chi connectivity index (χ1n) is 9.81. The number of aryl methyl sites for hydroxylation is 1. The highest BCUT2D eigenvalue weighted by Crippen LogP contribution is 2.26. The van der Waals surface area contributed by atoms with Crippen LogP contribution in [0.3, 0.4) is 0 Å². The lowest BCUT2D eigenvalue weighted by molar-refractivity contribution is 0.0600. The summed E-state index contributed by atoms with van der Waals surface area (Å²) < 4.78 is 4.83. The van der Waals surface area contributed by atoms with Gasteiger partial charge in [-0.15, -0.1) is 0 Å². The summed E-state index contributed by atoms with van der Waals surface area (Å²) in [6, 6.07) is 17.8. The van der Waals surface area contributed by atoms with E-state index in [1.807, 2.05) is 48.5 Å². The summed E-state index contributed by atoms with van der Waals surface area (Å²) >= 11 is 0. The lowest BCUT2D eigenvalue weighted by Gasteiger charge is -2.30. The van der Waals surface area contributed by atoms with E-state index in [2.05, 4.69) is 28.2 Å². The highest BCUT2D eigenvalue weighted by atomic mass is 16.5. The Hall–Kier alpha value is -3.41. The number of esters is 1.